The lowest BCUT2D eigenvalue weighted by atomic mass is 10.0. The summed E-state index contributed by atoms with van der Waals surface area (Å²) >= 11 is 3.00. The minimum Gasteiger partial charge on any atom is -0.334 e. The average Bonchev–Trinajstić information content (AvgIpc) is 2.45. The van der Waals surface area contributed by atoms with E-state index in [9.17, 15) is 13.6 Å². The van der Waals surface area contributed by atoms with Crippen LogP contribution in [0.1, 0.15) is 21.6 Å². The highest BCUT2D eigenvalue weighted by Gasteiger charge is 2.27. The summed E-state index contributed by atoms with van der Waals surface area (Å²) in [4.78, 5) is 18.1. The van der Waals surface area contributed by atoms with Gasteiger partial charge in [0.1, 0.15) is 17.2 Å². The number of pyridine rings is 1. The van der Waals surface area contributed by atoms with E-state index in [0.717, 1.165) is 23.4 Å². The third-order valence-corrected chi connectivity index (χ3v) is 3.93. The lowest BCUT2D eigenvalue weighted by Crippen LogP contribution is -2.37. The maximum absolute atomic E-state index is 13.9. The van der Waals surface area contributed by atoms with Crippen LogP contribution in [0.5, 0.6) is 0 Å². The number of halogens is 3. The normalized spacial score (nSPS) is 14.0. The molecule has 0 unspecified atom stereocenters. The summed E-state index contributed by atoms with van der Waals surface area (Å²) in [6.07, 6.45) is 2.28. The summed E-state index contributed by atoms with van der Waals surface area (Å²) in [5, 5.41) is 0. The predicted molar refractivity (Wildman–Crippen MR) is 76.7 cm³/mol. The molecule has 0 spiro atoms. The first-order valence-electron chi connectivity index (χ1n) is 6.43. The maximum Gasteiger partial charge on any atom is 0.260 e. The molecule has 2 heterocycles. The molecule has 1 aliphatic rings. The van der Waals surface area contributed by atoms with E-state index in [1.165, 1.54) is 4.90 Å². The van der Waals surface area contributed by atoms with Gasteiger partial charge in [-0.05, 0) is 23.8 Å². The third-order valence-electron chi connectivity index (χ3n) is 3.47. The molecule has 1 aliphatic heterocycles. The number of benzene rings is 1. The molecule has 3 nitrogen and oxygen atoms in total. The Morgan fingerprint density at radius 1 is 1.29 bits per heavy atom. The van der Waals surface area contributed by atoms with Gasteiger partial charge >= 0.3 is 0 Å². The fourth-order valence-corrected chi connectivity index (χ4v) is 2.85. The van der Waals surface area contributed by atoms with Gasteiger partial charge in [-0.15, -0.1) is 0 Å². The molecule has 0 saturated heterocycles. The number of carbonyl (C=O) groups excluding carboxylic acids is 1. The molecule has 0 fully saturated rings. The van der Waals surface area contributed by atoms with Crippen LogP contribution < -0.4 is 0 Å². The third kappa shape index (κ3) is 2.68. The van der Waals surface area contributed by atoms with Crippen LogP contribution in [0.4, 0.5) is 8.78 Å². The minimum absolute atomic E-state index is 0.266. The average molecular weight is 353 g/mol. The van der Waals surface area contributed by atoms with E-state index in [1.54, 1.807) is 12.3 Å². The predicted octanol–water partition coefficient (Wildman–Crippen LogP) is 3.32. The van der Waals surface area contributed by atoms with Gasteiger partial charge in [0, 0.05) is 35.9 Å². The molecule has 6 heteroatoms. The molecule has 0 N–H and O–H groups in total. The number of hydrogen-bond acceptors (Lipinski definition) is 2. The molecule has 21 heavy (non-hydrogen) atoms. The SMILES string of the molecule is O=C(c1c(F)cc(Br)cc1F)N1CCc2ncccc2C1. The van der Waals surface area contributed by atoms with Crippen LogP contribution >= 0.6 is 15.9 Å². The summed E-state index contributed by atoms with van der Waals surface area (Å²) in [6, 6.07) is 5.84. The summed E-state index contributed by atoms with van der Waals surface area (Å²) < 4.78 is 28.0. The number of hydrogen-bond donors (Lipinski definition) is 0. The van der Waals surface area contributed by atoms with E-state index in [-0.39, 0.29) is 4.47 Å². The van der Waals surface area contributed by atoms with Gasteiger partial charge in [-0.3, -0.25) is 9.78 Å². The molecule has 0 saturated carbocycles. The van der Waals surface area contributed by atoms with Crippen LogP contribution in [0.2, 0.25) is 0 Å². The van der Waals surface area contributed by atoms with E-state index < -0.39 is 23.1 Å². The highest BCUT2D eigenvalue weighted by Crippen LogP contribution is 2.24. The van der Waals surface area contributed by atoms with E-state index in [4.69, 9.17) is 0 Å². The van der Waals surface area contributed by atoms with Crippen LogP contribution in [0.25, 0.3) is 0 Å². The van der Waals surface area contributed by atoms with Crippen molar-refractivity contribution in [1.82, 2.24) is 9.88 Å². The second-order valence-corrected chi connectivity index (χ2v) is 5.75. The Hall–Kier alpha value is -1.82. The van der Waals surface area contributed by atoms with Crippen LogP contribution in [0, 0.1) is 11.6 Å². The fraction of sp³-hybridized carbons (Fsp3) is 0.200. The van der Waals surface area contributed by atoms with Crippen molar-refractivity contribution in [2.75, 3.05) is 6.54 Å². The zero-order valence-corrected chi connectivity index (χ0v) is 12.5. The first-order valence-corrected chi connectivity index (χ1v) is 7.22. The van der Waals surface area contributed by atoms with Crippen molar-refractivity contribution in [3.63, 3.8) is 0 Å². The van der Waals surface area contributed by atoms with Crippen molar-refractivity contribution < 1.29 is 13.6 Å². The Morgan fingerprint density at radius 2 is 2.00 bits per heavy atom. The standard InChI is InChI=1S/C15H11BrF2N2O/c16-10-6-11(17)14(12(18)7-10)15(21)20-5-3-13-9(8-20)2-1-4-19-13/h1-2,4,6-7H,3,5,8H2. The molecule has 0 atom stereocenters. The Morgan fingerprint density at radius 3 is 2.71 bits per heavy atom. The van der Waals surface area contributed by atoms with E-state index in [2.05, 4.69) is 20.9 Å². The first kappa shape index (κ1) is 14.1. The number of rotatable bonds is 1. The molecular weight excluding hydrogens is 342 g/mol. The zero-order chi connectivity index (χ0) is 15.0. The smallest absolute Gasteiger partial charge is 0.260 e. The van der Waals surface area contributed by atoms with Gasteiger partial charge < -0.3 is 4.90 Å². The lowest BCUT2D eigenvalue weighted by Gasteiger charge is -2.28. The van der Waals surface area contributed by atoms with Crippen LogP contribution in [0.3, 0.4) is 0 Å². The van der Waals surface area contributed by atoms with Crippen molar-refractivity contribution in [3.8, 4) is 0 Å². The van der Waals surface area contributed by atoms with Crippen molar-refractivity contribution >= 4 is 21.8 Å². The molecule has 1 aromatic carbocycles. The van der Waals surface area contributed by atoms with Gasteiger partial charge in [-0.1, -0.05) is 22.0 Å². The summed E-state index contributed by atoms with van der Waals surface area (Å²) in [5.74, 6) is -2.35. The lowest BCUT2D eigenvalue weighted by molar-refractivity contribution is 0.0723. The van der Waals surface area contributed by atoms with E-state index in [1.807, 2.05) is 6.07 Å². The summed E-state index contributed by atoms with van der Waals surface area (Å²) in [5.41, 5.74) is 1.33. The Kier molecular flexibility index (Phi) is 3.71. The number of carbonyl (C=O) groups is 1. The van der Waals surface area contributed by atoms with Gasteiger partial charge in [0.15, 0.2) is 0 Å². The number of fused-ring (bicyclic) bond motifs is 1. The van der Waals surface area contributed by atoms with E-state index in [0.29, 0.717) is 19.5 Å². The molecule has 0 bridgehead atoms. The van der Waals surface area contributed by atoms with Crippen molar-refractivity contribution in [2.45, 2.75) is 13.0 Å². The first-order chi connectivity index (χ1) is 10.1. The zero-order valence-electron chi connectivity index (χ0n) is 10.9. The second kappa shape index (κ2) is 5.52. The van der Waals surface area contributed by atoms with Crippen molar-refractivity contribution in [2.24, 2.45) is 0 Å². The highest BCUT2D eigenvalue weighted by atomic mass is 79.9. The van der Waals surface area contributed by atoms with Gasteiger partial charge in [-0.2, -0.15) is 0 Å². The number of amides is 1. The van der Waals surface area contributed by atoms with Crippen LogP contribution in [-0.4, -0.2) is 22.3 Å². The van der Waals surface area contributed by atoms with Gasteiger partial charge in [0.05, 0.1) is 0 Å². The van der Waals surface area contributed by atoms with Gasteiger partial charge in [0.2, 0.25) is 0 Å². The van der Waals surface area contributed by atoms with Crippen LogP contribution in [0.15, 0.2) is 34.9 Å². The Bertz CT molecular complexity index is 698. The van der Waals surface area contributed by atoms with Gasteiger partial charge in [0.25, 0.3) is 5.91 Å². The Labute approximate surface area is 128 Å². The largest absolute Gasteiger partial charge is 0.334 e. The molecule has 1 aromatic heterocycles. The Balaban J connectivity index is 1.91. The molecule has 1 amide bonds. The minimum atomic E-state index is -0.858. The number of nitrogens with zero attached hydrogens (tertiary/aromatic N) is 2. The number of aromatic nitrogens is 1. The second-order valence-electron chi connectivity index (χ2n) is 4.83. The monoisotopic (exact) mass is 352 g/mol. The van der Waals surface area contributed by atoms with Gasteiger partial charge in [-0.25, -0.2) is 8.78 Å². The maximum atomic E-state index is 13.9. The molecule has 0 aliphatic carbocycles. The topological polar surface area (TPSA) is 33.2 Å². The van der Waals surface area contributed by atoms with Crippen LogP contribution in [-0.2, 0) is 13.0 Å². The summed E-state index contributed by atoms with van der Waals surface area (Å²) in [6.45, 7) is 0.717. The van der Waals surface area contributed by atoms with Crippen molar-refractivity contribution in [3.05, 3.63) is 63.4 Å². The van der Waals surface area contributed by atoms with Crippen molar-refractivity contribution in [1.29, 1.82) is 0 Å². The molecule has 108 valence electrons. The molecule has 2 aromatic rings. The molecule has 0 radical (unpaired) electrons. The summed E-state index contributed by atoms with van der Waals surface area (Å²) in [7, 11) is 0. The quantitative estimate of drug-likeness (QED) is 0.788. The fourth-order valence-electron chi connectivity index (χ4n) is 2.44. The highest BCUT2D eigenvalue weighted by molar-refractivity contribution is 9.10. The molecular formula is C15H11BrF2N2O. The van der Waals surface area contributed by atoms with E-state index >= 15 is 0 Å². The molecule has 3 rings (SSSR count).